The first-order valence-electron chi connectivity index (χ1n) is 8.91. The highest BCUT2D eigenvalue weighted by molar-refractivity contribution is 6.38. The number of hydrogen-bond donors (Lipinski definition) is 3. The van der Waals surface area contributed by atoms with Crippen LogP contribution in [0, 0.1) is 0 Å². The van der Waals surface area contributed by atoms with Crippen molar-refractivity contribution in [2.24, 2.45) is 5.73 Å². The Morgan fingerprint density at radius 1 is 1.11 bits per heavy atom. The van der Waals surface area contributed by atoms with Gasteiger partial charge in [-0.25, -0.2) is 0 Å². The Labute approximate surface area is 159 Å². The highest BCUT2D eigenvalue weighted by atomic mass is 16.2. The lowest BCUT2D eigenvalue weighted by Gasteiger charge is -2.22. The maximum Gasteiger partial charge on any atom is 0.289 e. The largest absolute Gasteiger partial charge is 0.347 e. The smallest absolute Gasteiger partial charge is 0.289 e. The van der Waals surface area contributed by atoms with Crippen LogP contribution in [0.25, 0.3) is 0 Å². The summed E-state index contributed by atoms with van der Waals surface area (Å²) in [7, 11) is 3.17. The average molecular weight is 376 g/mol. The second-order valence-electron chi connectivity index (χ2n) is 6.44. The van der Waals surface area contributed by atoms with Crippen molar-refractivity contribution in [1.29, 1.82) is 0 Å². The van der Waals surface area contributed by atoms with Crippen LogP contribution in [-0.2, 0) is 19.2 Å². The van der Waals surface area contributed by atoms with Gasteiger partial charge in [0.1, 0.15) is 6.04 Å². The number of nitrogens with one attached hydrogen (secondary N) is 2. The molecule has 1 aromatic carbocycles. The standard InChI is InChI=1S/C19H28N4O4/c1-4-5-11-14(20)17(25)18(26)21-12-15(24)22-16(19(27)23(2)3)13-9-7-6-8-10-13/h6-10,14,16H,4-5,11-12,20H2,1-3H3,(H,21,26)(H,22,24). The van der Waals surface area contributed by atoms with E-state index >= 15 is 0 Å². The first kappa shape index (κ1) is 22.3. The lowest BCUT2D eigenvalue weighted by molar-refractivity contribution is -0.139. The summed E-state index contributed by atoms with van der Waals surface area (Å²) in [5.41, 5.74) is 6.30. The van der Waals surface area contributed by atoms with Gasteiger partial charge in [0.05, 0.1) is 12.6 Å². The van der Waals surface area contributed by atoms with Gasteiger partial charge in [-0.2, -0.15) is 0 Å². The van der Waals surface area contributed by atoms with Gasteiger partial charge in [0, 0.05) is 14.1 Å². The average Bonchev–Trinajstić information content (AvgIpc) is 2.67. The van der Waals surface area contributed by atoms with Crippen LogP contribution in [0.1, 0.15) is 37.8 Å². The van der Waals surface area contributed by atoms with E-state index < -0.39 is 36.2 Å². The van der Waals surface area contributed by atoms with Crippen molar-refractivity contribution in [2.75, 3.05) is 20.6 Å². The lowest BCUT2D eigenvalue weighted by Crippen LogP contribution is -2.47. The summed E-state index contributed by atoms with van der Waals surface area (Å²) in [6.45, 7) is 1.54. The summed E-state index contributed by atoms with van der Waals surface area (Å²) < 4.78 is 0. The number of rotatable bonds is 10. The van der Waals surface area contributed by atoms with Gasteiger partial charge in [-0.05, 0) is 12.0 Å². The number of unbranched alkanes of at least 4 members (excludes halogenated alkanes) is 1. The van der Waals surface area contributed by atoms with E-state index in [0.29, 0.717) is 12.0 Å². The van der Waals surface area contributed by atoms with Gasteiger partial charge < -0.3 is 21.3 Å². The van der Waals surface area contributed by atoms with Gasteiger partial charge in [0.2, 0.25) is 17.6 Å². The molecule has 0 heterocycles. The van der Waals surface area contributed by atoms with E-state index in [-0.39, 0.29) is 5.91 Å². The molecule has 0 saturated heterocycles. The normalized spacial score (nSPS) is 12.6. The van der Waals surface area contributed by atoms with Crippen LogP contribution in [0.2, 0.25) is 0 Å². The molecule has 0 radical (unpaired) electrons. The van der Waals surface area contributed by atoms with Crippen LogP contribution >= 0.6 is 0 Å². The minimum Gasteiger partial charge on any atom is -0.347 e. The molecule has 0 aliphatic carbocycles. The molecule has 3 amide bonds. The summed E-state index contributed by atoms with van der Waals surface area (Å²) in [5.74, 6) is -2.54. The predicted octanol–water partition coefficient (Wildman–Crippen LogP) is 0.135. The van der Waals surface area contributed by atoms with Crippen molar-refractivity contribution in [1.82, 2.24) is 15.5 Å². The van der Waals surface area contributed by atoms with Gasteiger partial charge >= 0.3 is 0 Å². The molecule has 4 N–H and O–H groups in total. The van der Waals surface area contributed by atoms with E-state index in [0.717, 1.165) is 12.8 Å². The first-order chi connectivity index (χ1) is 12.8. The Hall–Kier alpha value is -2.74. The number of carbonyl (C=O) groups is 4. The fourth-order valence-corrected chi connectivity index (χ4v) is 2.37. The number of benzene rings is 1. The minimum absolute atomic E-state index is 0.307. The quantitative estimate of drug-likeness (QED) is 0.501. The summed E-state index contributed by atoms with van der Waals surface area (Å²) in [4.78, 5) is 49.6. The molecule has 2 unspecified atom stereocenters. The van der Waals surface area contributed by atoms with Crippen molar-refractivity contribution < 1.29 is 19.2 Å². The molecule has 1 rings (SSSR count). The molecule has 0 aromatic heterocycles. The summed E-state index contributed by atoms with van der Waals surface area (Å²) in [5, 5.41) is 4.84. The minimum atomic E-state index is -0.899. The third-order valence-corrected chi connectivity index (χ3v) is 3.96. The maximum atomic E-state index is 12.4. The fourth-order valence-electron chi connectivity index (χ4n) is 2.37. The monoisotopic (exact) mass is 376 g/mol. The van der Waals surface area contributed by atoms with E-state index in [1.165, 1.54) is 4.90 Å². The molecule has 0 saturated carbocycles. The van der Waals surface area contributed by atoms with Crippen molar-refractivity contribution in [3.05, 3.63) is 35.9 Å². The molecule has 0 fully saturated rings. The second-order valence-corrected chi connectivity index (χ2v) is 6.44. The molecule has 0 spiro atoms. The van der Waals surface area contributed by atoms with Crippen molar-refractivity contribution in [3.63, 3.8) is 0 Å². The topological polar surface area (TPSA) is 122 Å². The maximum absolute atomic E-state index is 12.4. The third-order valence-electron chi connectivity index (χ3n) is 3.96. The SMILES string of the molecule is CCCCC(N)C(=O)C(=O)NCC(=O)NC(C(=O)N(C)C)c1ccccc1. The number of ketones is 1. The third kappa shape index (κ3) is 7.18. The van der Waals surface area contributed by atoms with Crippen LogP contribution in [0.4, 0.5) is 0 Å². The number of Topliss-reactive ketones (excluding diaryl/α,β-unsaturated/α-hetero) is 1. The molecule has 8 heteroatoms. The van der Waals surface area contributed by atoms with E-state index in [1.54, 1.807) is 44.4 Å². The molecular weight excluding hydrogens is 348 g/mol. The number of likely N-dealkylation sites (N-methyl/N-ethyl adjacent to an activating group) is 1. The van der Waals surface area contributed by atoms with Crippen LogP contribution in [-0.4, -0.2) is 55.1 Å². The van der Waals surface area contributed by atoms with E-state index in [1.807, 2.05) is 6.92 Å². The van der Waals surface area contributed by atoms with Crippen LogP contribution in [0.15, 0.2) is 30.3 Å². The molecule has 1 aromatic rings. The van der Waals surface area contributed by atoms with Crippen molar-refractivity contribution in [3.8, 4) is 0 Å². The molecule has 27 heavy (non-hydrogen) atoms. The van der Waals surface area contributed by atoms with Crippen LogP contribution in [0.3, 0.4) is 0 Å². The van der Waals surface area contributed by atoms with Gasteiger partial charge in [-0.15, -0.1) is 0 Å². The number of carbonyl (C=O) groups excluding carboxylic acids is 4. The Morgan fingerprint density at radius 2 is 1.74 bits per heavy atom. The van der Waals surface area contributed by atoms with E-state index in [2.05, 4.69) is 10.6 Å². The van der Waals surface area contributed by atoms with Crippen LogP contribution in [0.5, 0.6) is 0 Å². The Morgan fingerprint density at radius 3 is 2.30 bits per heavy atom. The lowest BCUT2D eigenvalue weighted by atomic mass is 10.1. The van der Waals surface area contributed by atoms with Gasteiger partial charge in [0.25, 0.3) is 5.91 Å². The number of amides is 3. The first-order valence-corrected chi connectivity index (χ1v) is 8.91. The van der Waals surface area contributed by atoms with Crippen LogP contribution < -0.4 is 16.4 Å². The zero-order valence-corrected chi connectivity index (χ0v) is 16.0. The predicted molar refractivity (Wildman–Crippen MR) is 102 cm³/mol. The zero-order valence-electron chi connectivity index (χ0n) is 16.0. The van der Waals surface area contributed by atoms with Gasteiger partial charge in [-0.3, -0.25) is 19.2 Å². The number of hydrogen-bond acceptors (Lipinski definition) is 5. The Kier molecular flexibility index (Phi) is 9.15. The molecule has 8 nitrogen and oxygen atoms in total. The van der Waals surface area contributed by atoms with Gasteiger partial charge in [0.15, 0.2) is 0 Å². The molecule has 0 aliphatic rings. The molecule has 0 bridgehead atoms. The second kappa shape index (κ2) is 11.1. The fraction of sp³-hybridized carbons (Fsp3) is 0.474. The van der Waals surface area contributed by atoms with Gasteiger partial charge in [-0.1, -0.05) is 50.1 Å². The summed E-state index contributed by atoms with van der Waals surface area (Å²) in [6, 6.07) is 7.01. The summed E-state index contributed by atoms with van der Waals surface area (Å²) >= 11 is 0. The Bertz CT molecular complexity index is 661. The van der Waals surface area contributed by atoms with Crippen molar-refractivity contribution >= 4 is 23.5 Å². The Balaban J connectivity index is 2.65. The molecular formula is C19H28N4O4. The highest BCUT2D eigenvalue weighted by Gasteiger charge is 2.25. The van der Waals surface area contributed by atoms with E-state index in [4.69, 9.17) is 5.73 Å². The molecule has 2 atom stereocenters. The zero-order chi connectivity index (χ0) is 20.4. The number of nitrogens with two attached hydrogens (primary N) is 1. The summed E-state index contributed by atoms with van der Waals surface area (Å²) in [6.07, 6.45) is 2.03. The molecule has 148 valence electrons. The number of nitrogens with zero attached hydrogens (tertiary/aromatic N) is 1. The molecule has 0 aliphatic heterocycles. The van der Waals surface area contributed by atoms with Crippen molar-refractivity contribution in [2.45, 2.75) is 38.3 Å². The highest BCUT2D eigenvalue weighted by Crippen LogP contribution is 2.14. The van der Waals surface area contributed by atoms with E-state index in [9.17, 15) is 19.2 Å².